The number of nitrogens with one attached hydrogen (secondary N) is 1. The van der Waals surface area contributed by atoms with Crippen molar-refractivity contribution in [3.05, 3.63) is 52.0 Å². The van der Waals surface area contributed by atoms with Gasteiger partial charge in [0.1, 0.15) is 11.6 Å². The van der Waals surface area contributed by atoms with Gasteiger partial charge in [-0.1, -0.05) is 0 Å². The maximum atomic E-state index is 13.8. The third-order valence-electron chi connectivity index (χ3n) is 2.66. The highest BCUT2D eigenvalue weighted by Crippen LogP contribution is 2.30. The number of benzene rings is 1. The number of nitro benzene ring substituents is 1. The van der Waals surface area contributed by atoms with Crippen molar-refractivity contribution in [2.75, 3.05) is 12.4 Å². The van der Waals surface area contributed by atoms with Gasteiger partial charge in [0.05, 0.1) is 11.0 Å². The summed E-state index contributed by atoms with van der Waals surface area (Å²) < 4.78 is 19.2. The Kier molecular flexibility index (Phi) is 3.79. The molecular formula is C13H12FN3O3. The Hall–Kier alpha value is -2.70. The van der Waals surface area contributed by atoms with Crippen LogP contribution in [0, 0.1) is 22.9 Å². The molecule has 7 heteroatoms. The van der Waals surface area contributed by atoms with Gasteiger partial charge in [-0.15, -0.1) is 0 Å². The molecule has 0 atom stereocenters. The first-order valence-corrected chi connectivity index (χ1v) is 5.77. The van der Waals surface area contributed by atoms with E-state index >= 15 is 0 Å². The van der Waals surface area contributed by atoms with E-state index in [1.165, 1.54) is 19.2 Å². The lowest BCUT2D eigenvalue weighted by Crippen LogP contribution is -1.97. The van der Waals surface area contributed by atoms with E-state index in [0.717, 1.165) is 6.07 Å². The van der Waals surface area contributed by atoms with Gasteiger partial charge in [0.2, 0.25) is 0 Å². The maximum Gasteiger partial charge on any atom is 0.275 e. The number of ether oxygens (including phenoxy) is 1. The molecule has 0 radical (unpaired) electrons. The summed E-state index contributed by atoms with van der Waals surface area (Å²) in [7, 11) is 1.70. The number of anilines is 1. The number of nitrogens with zero attached hydrogens (tertiary/aromatic N) is 2. The van der Waals surface area contributed by atoms with Gasteiger partial charge in [-0.05, 0) is 19.1 Å². The number of rotatable bonds is 4. The van der Waals surface area contributed by atoms with Gasteiger partial charge in [-0.2, -0.15) is 0 Å². The van der Waals surface area contributed by atoms with Gasteiger partial charge in [-0.3, -0.25) is 10.1 Å². The van der Waals surface area contributed by atoms with Crippen molar-refractivity contribution < 1.29 is 14.1 Å². The van der Waals surface area contributed by atoms with Crippen LogP contribution in [0.4, 0.5) is 15.9 Å². The van der Waals surface area contributed by atoms with Crippen LogP contribution >= 0.6 is 0 Å². The predicted molar refractivity (Wildman–Crippen MR) is 71.6 cm³/mol. The number of nitro groups is 1. The molecule has 0 spiro atoms. The summed E-state index contributed by atoms with van der Waals surface area (Å²) in [6.07, 6.45) is 1.51. The Balaban J connectivity index is 2.34. The van der Waals surface area contributed by atoms with Crippen LogP contribution in [-0.2, 0) is 0 Å². The highest BCUT2D eigenvalue weighted by atomic mass is 19.1. The molecule has 1 heterocycles. The fourth-order valence-electron chi connectivity index (χ4n) is 1.66. The Morgan fingerprint density at radius 3 is 2.80 bits per heavy atom. The molecule has 0 saturated heterocycles. The van der Waals surface area contributed by atoms with E-state index in [1.807, 2.05) is 0 Å². The monoisotopic (exact) mass is 277 g/mol. The van der Waals surface area contributed by atoms with Crippen molar-refractivity contribution in [1.29, 1.82) is 0 Å². The Morgan fingerprint density at radius 2 is 2.15 bits per heavy atom. The smallest absolute Gasteiger partial charge is 0.275 e. The zero-order valence-corrected chi connectivity index (χ0v) is 10.9. The summed E-state index contributed by atoms with van der Waals surface area (Å²) >= 11 is 0. The predicted octanol–water partition coefficient (Wildman–Crippen LogP) is 3.27. The summed E-state index contributed by atoms with van der Waals surface area (Å²) in [5, 5.41) is 13.5. The van der Waals surface area contributed by atoms with Crippen LogP contribution < -0.4 is 10.1 Å². The van der Waals surface area contributed by atoms with Gasteiger partial charge >= 0.3 is 0 Å². The highest BCUT2D eigenvalue weighted by molar-refractivity contribution is 5.48. The fourth-order valence-corrected chi connectivity index (χ4v) is 1.66. The molecule has 0 aliphatic rings. The first-order chi connectivity index (χ1) is 9.51. The molecule has 2 rings (SSSR count). The van der Waals surface area contributed by atoms with Gasteiger partial charge in [0, 0.05) is 24.9 Å². The zero-order valence-electron chi connectivity index (χ0n) is 10.9. The quantitative estimate of drug-likeness (QED) is 0.685. The largest absolute Gasteiger partial charge is 0.454 e. The van der Waals surface area contributed by atoms with Crippen molar-refractivity contribution in [2.24, 2.45) is 0 Å². The number of hydrogen-bond donors (Lipinski definition) is 1. The van der Waals surface area contributed by atoms with E-state index in [2.05, 4.69) is 10.3 Å². The average molecular weight is 277 g/mol. The second-order valence-electron chi connectivity index (χ2n) is 4.06. The van der Waals surface area contributed by atoms with E-state index in [1.54, 1.807) is 19.2 Å². The van der Waals surface area contributed by atoms with Crippen molar-refractivity contribution in [1.82, 2.24) is 4.98 Å². The van der Waals surface area contributed by atoms with Crippen molar-refractivity contribution in [3.63, 3.8) is 0 Å². The van der Waals surface area contributed by atoms with Gasteiger partial charge in [0.15, 0.2) is 11.6 Å². The van der Waals surface area contributed by atoms with Crippen molar-refractivity contribution in [3.8, 4) is 11.5 Å². The van der Waals surface area contributed by atoms with Crippen LogP contribution in [0.15, 0.2) is 30.5 Å². The number of aromatic nitrogens is 1. The van der Waals surface area contributed by atoms with Crippen LogP contribution in [-0.4, -0.2) is 17.0 Å². The van der Waals surface area contributed by atoms with Crippen LogP contribution in [0.2, 0.25) is 0 Å². The standard InChI is InChI=1S/C13H12FN3O3/c1-8-5-12(10(14)7-11(8)17(18)19)20-9-3-4-16-13(6-9)15-2/h3-7H,1-2H3,(H,15,16). The molecule has 0 unspecified atom stereocenters. The molecule has 0 aliphatic carbocycles. The molecule has 0 fully saturated rings. The minimum atomic E-state index is -0.787. The molecule has 2 aromatic rings. The molecule has 1 N–H and O–H groups in total. The molecule has 20 heavy (non-hydrogen) atoms. The van der Waals surface area contributed by atoms with E-state index in [0.29, 0.717) is 17.1 Å². The third kappa shape index (κ3) is 2.82. The maximum absolute atomic E-state index is 13.8. The van der Waals surface area contributed by atoms with Crippen molar-refractivity contribution >= 4 is 11.5 Å². The van der Waals surface area contributed by atoms with Gasteiger partial charge in [-0.25, -0.2) is 9.37 Å². The molecule has 0 amide bonds. The summed E-state index contributed by atoms with van der Waals surface area (Å²) in [5.74, 6) is 0.101. The molecule has 0 saturated carbocycles. The molecular weight excluding hydrogens is 265 g/mol. The molecule has 0 aliphatic heterocycles. The van der Waals surface area contributed by atoms with E-state index in [9.17, 15) is 14.5 Å². The normalized spacial score (nSPS) is 10.2. The van der Waals surface area contributed by atoms with Crippen LogP contribution in [0.1, 0.15) is 5.56 Å². The fraction of sp³-hybridized carbons (Fsp3) is 0.154. The Labute approximate surface area is 114 Å². The Bertz CT molecular complexity index is 661. The number of hydrogen-bond acceptors (Lipinski definition) is 5. The van der Waals surface area contributed by atoms with Crippen LogP contribution in [0.3, 0.4) is 0 Å². The molecule has 1 aromatic heterocycles. The van der Waals surface area contributed by atoms with E-state index in [-0.39, 0.29) is 11.4 Å². The SMILES string of the molecule is CNc1cc(Oc2cc(C)c([N+](=O)[O-])cc2F)ccn1. The highest BCUT2D eigenvalue weighted by Gasteiger charge is 2.16. The zero-order chi connectivity index (χ0) is 14.7. The average Bonchev–Trinajstić information content (AvgIpc) is 2.42. The minimum Gasteiger partial charge on any atom is -0.454 e. The number of aryl methyl sites for hydroxylation is 1. The lowest BCUT2D eigenvalue weighted by Gasteiger charge is -2.09. The van der Waals surface area contributed by atoms with E-state index in [4.69, 9.17) is 4.74 Å². The topological polar surface area (TPSA) is 77.3 Å². The van der Waals surface area contributed by atoms with Gasteiger partial charge < -0.3 is 10.1 Å². The van der Waals surface area contributed by atoms with Crippen LogP contribution in [0.5, 0.6) is 11.5 Å². The lowest BCUT2D eigenvalue weighted by molar-refractivity contribution is -0.385. The molecule has 6 nitrogen and oxygen atoms in total. The third-order valence-corrected chi connectivity index (χ3v) is 2.66. The molecule has 0 bridgehead atoms. The summed E-state index contributed by atoms with van der Waals surface area (Å²) in [4.78, 5) is 14.1. The summed E-state index contributed by atoms with van der Waals surface area (Å²) in [6, 6.07) is 5.31. The first kappa shape index (κ1) is 13.7. The molecule has 104 valence electrons. The second kappa shape index (κ2) is 5.52. The second-order valence-corrected chi connectivity index (χ2v) is 4.06. The number of pyridine rings is 1. The van der Waals surface area contributed by atoms with Gasteiger partial charge in [0.25, 0.3) is 5.69 Å². The minimum absolute atomic E-state index is 0.0682. The summed E-state index contributed by atoms with van der Waals surface area (Å²) in [6.45, 7) is 1.52. The lowest BCUT2D eigenvalue weighted by atomic mass is 10.2. The summed E-state index contributed by atoms with van der Waals surface area (Å²) in [5.41, 5.74) is 0.0507. The Morgan fingerprint density at radius 1 is 1.40 bits per heavy atom. The molecule has 1 aromatic carbocycles. The van der Waals surface area contributed by atoms with E-state index < -0.39 is 10.7 Å². The van der Waals surface area contributed by atoms with Crippen molar-refractivity contribution in [2.45, 2.75) is 6.92 Å². The van der Waals surface area contributed by atoms with Crippen LogP contribution in [0.25, 0.3) is 0 Å². The first-order valence-electron chi connectivity index (χ1n) is 5.77. The number of halogens is 1.